The molecule has 0 atom stereocenters. The molecule has 0 fully saturated rings. The maximum atomic E-state index is 13.0. The number of nitrogens with zero attached hydrogens (tertiary/aromatic N) is 4. The lowest BCUT2D eigenvalue weighted by Crippen LogP contribution is -2.35. The van der Waals surface area contributed by atoms with Crippen LogP contribution in [0.1, 0.15) is 44.0 Å². The smallest absolute Gasteiger partial charge is 0.261 e. The van der Waals surface area contributed by atoms with Gasteiger partial charge in [0.15, 0.2) is 5.82 Å². The van der Waals surface area contributed by atoms with Crippen LogP contribution in [0.3, 0.4) is 0 Å². The minimum atomic E-state index is -0.652. The van der Waals surface area contributed by atoms with Crippen molar-refractivity contribution >= 4 is 34.1 Å². The van der Waals surface area contributed by atoms with E-state index >= 15 is 0 Å². The van der Waals surface area contributed by atoms with Crippen LogP contribution in [-0.2, 0) is 16.6 Å². The number of hydrogen-bond acceptors (Lipinski definition) is 7. The molecule has 0 unspecified atom stereocenters. The van der Waals surface area contributed by atoms with E-state index in [2.05, 4.69) is 36.9 Å². The average molecular weight is 500 g/mol. The van der Waals surface area contributed by atoms with Crippen LogP contribution in [0.5, 0.6) is 0 Å². The summed E-state index contributed by atoms with van der Waals surface area (Å²) in [5.74, 6) is 0.780. The van der Waals surface area contributed by atoms with E-state index in [4.69, 9.17) is 4.98 Å². The summed E-state index contributed by atoms with van der Waals surface area (Å²) in [4.78, 5) is 38.3. The van der Waals surface area contributed by atoms with Gasteiger partial charge in [-0.25, -0.2) is 4.98 Å². The number of H-pyrrole nitrogens is 3. The normalized spacial score (nSPS) is 14.2. The van der Waals surface area contributed by atoms with Gasteiger partial charge in [0.2, 0.25) is 5.91 Å². The molecule has 4 heterocycles. The number of rotatable bonds is 8. The van der Waals surface area contributed by atoms with Crippen molar-refractivity contribution in [1.29, 1.82) is 5.26 Å². The largest absolute Gasteiger partial charge is 0.338 e. The molecule has 0 saturated heterocycles. The monoisotopic (exact) mass is 499 g/mol. The van der Waals surface area contributed by atoms with Gasteiger partial charge in [-0.1, -0.05) is 0 Å². The standard InChI is InChI=1S/C26H29N9O2/c1-5-35-20-12-19-18(11-15(20)26(2,3)25(35)37)31-23(32-19)21-17(8-10-29-24(21)36)30-22-14(13-27)16(33-34-22)7-6-9-28-4/h8,10-12,28H,5-7,9H2,1-4H3,(H,31,32)(H3,29,30,33,34,36). The molecule has 0 spiro atoms. The van der Waals surface area contributed by atoms with E-state index in [1.807, 2.05) is 40.0 Å². The zero-order valence-corrected chi connectivity index (χ0v) is 21.2. The van der Waals surface area contributed by atoms with Crippen LogP contribution in [0.15, 0.2) is 29.2 Å². The summed E-state index contributed by atoms with van der Waals surface area (Å²) in [5, 5.41) is 23.2. The molecule has 1 amide bonds. The van der Waals surface area contributed by atoms with E-state index in [1.165, 1.54) is 6.20 Å². The number of pyridine rings is 1. The first-order valence-electron chi connectivity index (χ1n) is 12.3. The van der Waals surface area contributed by atoms with E-state index in [0.717, 1.165) is 35.4 Å². The number of carbonyl (C=O) groups excluding carboxylic acids is 1. The molecule has 1 aliphatic rings. The third kappa shape index (κ3) is 3.95. The molecular formula is C26H29N9O2. The Morgan fingerprint density at radius 2 is 2.05 bits per heavy atom. The summed E-state index contributed by atoms with van der Waals surface area (Å²) in [7, 11) is 1.88. The van der Waals surface area contributed by atoms with Crippen LogP contribution < -0.4 is 21.1 Å². The zero-order chi connectivity index (χ0) is 26.3. The topological polar surface area (TPSA) is 158 Å². The predicted molar refractivity (Wildman–Crippen MR) is 142 cm³/mol. The number of aromatic amines is 3. The molecule has 11 nitrogen and oxygen atoms in total. The minimum absolute atomic E-state index is 0.0569. The first kappa shape index (κ1) is 24.3. The average Bonchev–Trinajstić information content (AvgIpc) is 3.51. The SMILES string of the molecule is CCN1C(=O)C(C)(C)c2cc3[nH]c(-c4c(Nc5n[nH]c(CCCNC)c5C#N)cc[nH]c4=O)nc3cc21. The van der Waals surface area contributed by atoms with Crippen LogP contribution in [0, 0.1) is 11.3 Å². The molecule has 0 radical (unpaired) electrons. The van der Waals surface area contributed by atoms with E-state index in [-0.39, 0.29) is 11.5 Å². The molecule has 0 aliphatic carbocycles. The summed E-state index contributed by atoms with van der Waals surface area (Å²) in [6.07, 6.45) is 3.05. The molecular weight excluding hydrogens is 470 g/mol. The number of aryl methyl sites for hydroxylation is 1. The zero-order valence-electron chi connectivity index (χ0n) is 21.2. The van der Waals surface area contributed by atoms with E-state index in [0.29, 0.717) is 46.9 Å². The number of benzene rings is 1. The third-order valence-electron chi connectivity index (χ3n) is 6.92. The fourth-order valence-electron chi connectivity index (χ4n) is 4.92. The predicted octanol–water partition coefficient (Wildman–Crippen LogP) is 3.05. The molecule has 37 heavy (non-hydrogen) atoms. The van der Waals surface area contributed by atoms with Crippen LogP contribution in [0.2, 0.25) is 0 Å². The molecule has 5 N–H and O–H groups in total. The number of hydrogen-bond donors (Lipinski definition) is 5. The van der Waals surface area contributed by atoms with Crippen molar-refractivity contribution in [3.05, 3.63) is 51.6 Å². The fraction of sp³-hybridized carbons (Fsp3) is 0.346. The van der Waals surface area contributed by atoms with E-state index in [1.54, 1.807) is 11.0 Å². The summed E-state index contributed by atoms with van der Waals surface area (Å²) in [6, 6.07) is 7.76. The second kappa shape index (κ2) is 9.22. The summed E-state index contributed by atoms with van der Waals surface area (Å²) < 4.78 is 0. The van der Waals surface area contributed by atoms with E-state index in [9.17, 15) is 14.9 Å². The van der Waals surface area contributed by atoms with Crippen molar-refractivity contribution in [2.75, 3.05) is 30.4 Å². The van der Waals surface area contributed by atoms with Crippen molar-refractivity contribution in [3.8, 4) is 17.5 Å². The van der Waals surface area contributed by atoms with Crippen LogP contribution in [0.4, 0.5) is 17.2 Å². The highest BCUT2D eigenvalue weighted by molar-refractivity contribution is 6.09. The molecule has 190 valence electrons. The summed E-state index contributed by atoms with van der Waals surface area (Å²) in [5.41, 5.74) is 4.05. The maximum Gasteiger partial charge on any atom is 0.261 e. The Morgan fingerprint density at radius 1 is 1.24 bits per heavy atom. The lowest BCUT2D eigenvalue weighted by atomic mass is 9.86. The van der Waals surface area contributed by atoms with Crippen molar-refractivity contribution < 1.29 is 4.79 Å². The second-order valence-electron chi connectivity index (χ2n) is 9.61. The highest BCUT2D eigenvalue weighted by Gasteiger charge is 2.43. The third-order valence-corrected chi connectivity index (χ3v) is 6.92. The maximum absolute atomic E-state index is 13.0. The lowest BCUT2D eigenvalue weighted by Gasteiger charge is -2.18. The van der Waals surface area contributed by atoms with Crippen molar-refractivity contribution in [3.63, 3.8) is 0 Å². The number of aromatic nitrogens is 5. The Kier molecular flexibility index (Phi) is 6.05. The second-order valence-corrected chi connectivity index (χ2v) is 9.61. The minimum Gasteiger partial charge on any atom is -0.338 e. The van der Waals surface area contributed by atoms with E-state index < -0.39 is 5.41 Å². The van der Waals surface area contributed by atoms with Gasteiger partial charge in [0.05, 0.1) is 33.5 Å². The number of carbonyl (C=O) groups is 1. The van der Waals surface area contributed by atoms with Gasteiger partial charge in [-0.05, 0) is 71.0 Å². The van der Waals surface area contributed by atoms with Crippen molar-refractivity contribution in [1.82, 2.24) is 30.5 Å². The Balaban J connectivity index is 1.55. The first-order valence-corrected chi connectivity index (χ1v) is 12.3. The van der Waals surface area contributed by atoms with Crippen LogP contribution >= 0.6 is 0 Å². The van der Waals surface area contributed by atoms with Gasteiger partial charge in [0, 0.05) is 12.7 Å². The number of anilines is 3. The molecule has 0 saturated carbocycles. The van der Waals surface area contributed by atoms with Crippen LogP contribution in [-0.4, -0.2) is 51.2 Å². The van der Waals surface area contributed by atoms with Crippen molar-refractivity contribution in [2.24, 2.45) is 0 Å². The Hall–Kier alpha value is -4.43. The highest BCUT2D eigenvalue weighted by atomic mass is 16.2. The van der Waals surface area contributed by atoms with Crippen molar-refractivity contribution in [2.45, 2.75) is 39.0 Å². The molecule has 5 rings (SSSR count). The molecule has 4 aromatic rings. The Bertz CT molecular complexity index is 1600. The number of likely N-dealkylation sites (N-methyl/N-ethyl adjacent to an activating group) is 1. The molecule has 11 heteroatoms. The Labute approximate surface area is 213 Å². The van der Waals surface area contributed by atoms with Gasteiger partial charge < -0.3 is 25.5 Å². The number of fused-ring (bicyclic) bond motifs is 2. The van der Waals surface area contributed by atoms with Gasteiger partial charge >= 0.3 is 0 Å². The van der Waals surface area contributed by atoms with Gasteiger partial charge in [-0.15, -0.1) is 0 Å². The molecule has 1 aromatic carbocycles. The van der Waals surface area contributed by atoms with Gasteiger partial charge in [-0.2, -0.15) is 10.4 Å². The number of nitrogens with one attached hydrogen (secondary N) is 5. The number of imidazole rings is 1. The molecule has 1 aliphatic heterocycles. The fourth-order valence-corrected chi connectivity index (χ4v) is 4.92. The quantitative estimate of drug-likeness (QED) is 0.233. The number of amides is 1. The van der Waals surface area contributed by atoms with Crippen LogP contribution in [0.25, 0.3) is 22.4 Å². The molecule has 0 bridgehead atoms. The van der Waals surface area contributed by atoms with Gasteiger partial charge in [0.1, 0.15) is 23.0 Å². The first-order chi connectivity index (χ1) is 17.8. The number of nitriles is 1. The highest BCUT2D eigenvalue weighted by Crippen LogP contribution is 2.43. The summed E-state index contributed by atoms with van der Waals surface area (Å²) in [6.45, 7) is 7.16. The van der Waals surface area contributed by atoms with Gasteiger partial charge in [-0.3, -0.25) is 14.7 Å². The lowest BCUT2D eigenvalue weighted by molar-refractivity contribution is -0.122. The van der Waals surface area contributed by atoms with Gasteiger partial charge in [0.25, 0.3) is 5.56 Å². The molecule has 3 aromatic heterocycles. The summed E-state index contributed by atoms with van der Waals surface area (Å²) >= 11 is 0. The Morgan fingerprint density at radius 3 is 2.78 bits per heavy atom.